The Morgan fingerprint density at radius 1 is 1.06 bits per heavy atom. The number of pyridine rings is 1. The van der Waals surface area contributed by atoms with Crippen LogP contribution in [-0.2, 0) is 21.4 Å². The molecule has 0 bridgehead atoms. The maximum Gasteiger partial charge on any atom is 0.264 e. The van der Waals surface area contributed by atoms with Crippen molar-refractivity contribution < 1.29 is 22.7 Å². The van der Waals surface area contributed by atoms with Gasteiger partial charge < -0.3 is 14.8 Å². The molecule has 1 amide bonds. The molecule has 3 rings (SSSR count). The van der Waals surface area contributed by atoms with Gasteiger partial charge in [-0.15, -0.1) is 0 Å². The fourth-order valence-electron chi connectivity index (χ4n) is 2.92. The molecule has 0 aliphatic rings. The van der Waals surface area contributed by atoms with Crippen LogP contribution in [-0.4, -0.2) is 40.1 Å². The van der Waals surface area contributed by atoms with Gasteiger partial charge in [0, 0.05) is 30.0 Å². The van der Waals surface area contributed by atoms with Crippen LogP contribution in [0, 0.1) is 0 Å². The van der Waals surface area contributed by atoms with E-state index in [9.17, 15) is 13.2 Å². The summed E-state index contributed by atoms with van der Waals surface area (Å²) in [6.07, 6.45) is 3.25. The van der Waals surface area contributed by atoms with Crippen molar-refractivity contribution in [1.29, 1.82) is 0 Å². The maximum atomic E-state index is 13.5. The number of nitrogens with zero attached hydrogens (tertiary/aromatic N) is 2. The standard InChI is InChI=1S/C22H22ClN3O5S/c1-30-20-10-9-19(12-21(20)31-2)32(28,29)26(18-7-5-17(23)6-8-18)15-22(27)25-14-16-4-3-11-24-13-16/h3-13H,14-15H2,1-2H3,(H,25,27). The SMILES string of the molecule is COc1ccc(S(=O)(=O)N(CC(=O)NCc2cccnc2)c2ccc(Cl)cc2)cc1OC. The summed E-state index contributed by atoms with van der Waals surface area (Å²) in [4.78, 5) is 16.6. The van der Waals surface area contributed by atoms with E-state index in [1.807, 2.05) is 6.07 Å². The van der Waals surface area contributed by atoms with Crippen LogP contribution in [0.15, 0.2) is 71.9 Å². The number of carbonyl (C=O) groups excluding carboxylic acids is 1. The van der Waals surface area contributed by atoms with Crippen LogP contribution in [0.5, 0.6) is 11.5 Å². The first-order valence-electron chi connectivity index (χ1n) is 9.51. The van der Waals surface area contributed by atoms with Crippen molar-refractivity contribution in [2.45, 2.75) is 11.4 Å². The lowest BCUT2D eigenvalue weighted by atomic mass is 10.3. The number of hydrogen-bond donors (Lipinski definition) is 1. The number of methoxy groups -OCH3 is 2. The molecule has 168 valence electrons. The molecule has 0 aliphatic carbocycles. The first-order chi connectivity index (χ1) is 15.3. The minimum Gasteiger partial charge on any atom is -0.493 e. The normalized spacial score (nSPS) is 11.0. The van der Waals surface area contributed by atoms with Crippen LogP contribution in [0.25, 0.3) is 0 Å². The average molecular weight is 476 g/mol. The van der Waals surface area contributed by atoms with Crippen molar-refractivity contribution in [3.63, 3.8) is 0 Å². The Labute approximate surface area is 191 Å². The summed E-state index contributed by atoms with van der Waals surface area (Å²) in [5.74, 6) is 0.164. The minimum atomic E-state index is -4.12. The molecule has 0 radical (unpaired) electrons. The lowest BCUT2D eigenvalue weighted by Crippen LogP contribution is -2.40. The fourth-order valence-corrected chi connectivity index (χ4v) is 4.48. The highest BCUT2D eigenvalue weighted by molar-refractivity contribution is 7.92. The van der Waals surface area contributed by atoms with E-state index < -0.39 is 22.5 Å². The third-order valence-electron chi connectivity index (χ3n) is 4.56. The number of benzene rings is 2. The molecule has 1 aromatic heterocycles. The summed E-state index contributed by atoms with van der Waals surface area (Å²) in [6.45, 7) is -0.212. The van der Waals surface area contributed by atoms with E-state index in [0.717, 1.165) is 9.87 Å². The predicted octanol–water partition coefficient (Wildman–Crippen LogP) is 3.26. The van der Waals surface area contributed by atoms with Gasteiger partial charge in [0.15, 0.2) is 11.5 Å². The summed E-state index contributed by atoms with van der Waals surface area (Å²) >= 11 is 5.96. The molecule has 3 aromatic rings. The van der Waals surface area contributed by atoms with E-state index >= 15 is 0 Å². The second-order valence-electron chi connectivity index (χ2n) is 6.64. The van der Waals surface area contributed by atoms with Crippen molar-refractivity contribution in [1.82, 2.24) is 10.3 Å². The van der Waals surface area contributed by atoms with Crippen molar-refractivity contribution in [2.75, 3.05) is 25.1 Å². The third kappa shape index (κ3) is 5.49. The lowest BCUT2D eigenvalue weighted by Gasteiger charge is -2.24. The van der Waals surface area contributed by atoms with Crippen LogP contribution in [0.1, 0.15) is 5.56 Å². The van der Waals surface area contributed by atoms with Gasteiger partial charge in [0.05, 0.1) is 24.8 Å². The van der Waals surface area contributed by atoms with E-state index in [0.29, 0.717) is 16.5 Å². The zero-order valence-corrected chi connectivity index (χ0v) is 19.1. The van der Waals surface area contributed by atoms with E-state index in [2.05, 4.69) is 10.3 Å². The van der Waals surface area contributed by atoms with Gasteiger partial charge in [-0.1, -0.05) is 17.7 Å². The molecule has 0 fully saturated rings. The number of carbonyl (C=O) groups is 1. The molecule has 0 unspecified atom stereocenters. The molecular weight excluding hydrogens is 454 g/mol. The number of rotatable bonds is 9. The average Bonchev–Trinajstić information content (AvgIpc) is 2.82. The molecule has 0 saturated carbocycles. The first-order valence-corrected chi connectivity index (χ1v) is 11.3. The van der Waals surface area contributed by atoms with Gasteiger partial charge in [0.1, 0.15) is 6.54 Å². The van der Waals surface area contributed by atoms with E-state index in [4.69, 9.17) is 21.1 Å². The summed E-state index contributed by atoms with van der Waals surface area (Å²) in [5, 5.41) is 3.16. The van der Waals surface area contributed by atoms with Gasteiger partial charge in [-0.2, -0.15) is 0 Å². The summed E-state index contributed by atoms with van der Waals surface area (Å²) in [5.41, 5.74) is 1.09. The van der Waals surface area contributed by atoms with Crippen LogP contribution in [0.3, 0.4) is 0 Å². The Balaban J connectivity index is 1.91. The molecule has 0 spiro atoms. The van der Waals surface area contributed by atoms with E-state index in [-0.39, 0.29) is 17.2 Å². The Kier molecular flexibility index (Phi) is 7.55. The first kappa shape index (κ1) is 23.4. The van der Waals surface area contributed by atoms with Gasteiger partial charge in [-0.3, -0.25) is 14.1 Å². The molecule has 0 atom stereocenters. The molecule has 8 nitrogen and oxygen atoms in total. The fraction of sp³-hybridized carbons (Fsp3) is 0.182. The number of ether oxygens (including phenoxy) is 2. The largest absolute Gasteiger partial charge is 0.493 e. The van der Waals surface area contributed by atoms with E-state index in [1.165, 1.54) is 44.6 Å². The Bertz CT molecular complexity index is 1170. The van der Waals surface area contributed by atoms with Gasteiger partial charge in [0.2, 0.25) is 5.91 Å². The molecule has 0 saturated heterocycles. The summed E-state index contributed by atoms with van der Waals surface area (Å²) in [6, 6.07) is 14.0. The third-order valence-corrected chi connectivity index (χ3v) is 6.58. The number of amides is 1. The summed E-state index contributed by atoms with van der Waals surface area (Å²) in [7, 11) is -1.25. The van der Waals surface area contributed by atoms with E-state index in [1.54, 1.807) is 30.6 Å². The molecule has 10 heteroatoms. The number of aromatic nitrogens is 1. The Hall–Kier alpha value is -3.30. The van der Waals surface area contributed by atoms with Gasteiger partial charge in [0.25, 0.3) is 10.0 Å². The number of sulfonamides is 1. The highest BCUT2D eigenvalue weighted by atomic mass is 35.5. The molecule has 32 heavy (non-hydrogen) atoms. The zero-order chi connectivity index (χ0) is 23.1. The molecular formula is C22H22ClN3O5S. The zero-order valence-electron chi connectivity index (χ0n) is 17.5. The highest BCUT2D eigenvalue weighted by Gasteiger charge is 2.28. The van der Waals surface area contributed by atoms with Crippen molar-refractivity contribution in [2.24, 2.45) is 0 Å². The Morgan fingerprint density at radius 3 is 2.41 bits per heavy atom. The molecule has 2 aromatic carbocycles. The van der Waals surface area contributed by atoms with Crippen LogP contribution in [0.2, 0.25) is 5.02 Å². The number of nitrogens with one attached hydrogen (secondary N) is 1. The number of hydrogen-bond acceptors (Lipinski definition) is 6. The van der Waals surface area contributed by atoms with Crippen LogP contribution < -0.4 is 19.1 Å². The van der Waals surface area contributed by atoms with Gasteiger partial charge >= 0.3 is 0 Å². The van der Waals surface area contributed by atoms with Crippen molar-refractivity contribution in [3.05, 3.63) is 77.6 Å². The smallest absolute Gasteiger partial charge is 0.264 e. The van der Waals surface area contributed by atoms with Gasteiger partial charge in [-0.25, -0.2) is 8.42 Å². The Morgan fingerprint density at radius 2 is 1.78 bits per heavy atom. The monoisotopic (exact) mass is 475 g/mol. The highest BCUT2D eigenvalue weighted by Crippen LogP contribution is 2.32. The molecule has 1 N–H and O–H groups in total. The van der Waals surface area contributed by atoms with Crippen LogP contribution >= 0.6 is 11.6 Å². The minimum absolute atomic E-state index is 0.0508. The topological polar surface area (TPSA) is 97.8 Å². The second kappa shape index (κ2) is 10.3. The number of anilines is 1. The maximum absolute atomic E-state index is 13.5. The number of halogens is 1. The van der Waals surface area contributed by atoms with Crippen molar-refractivity contribution in [3.8, 4) is 11.5 Å². The quantitative estimate of drug-likeness (QED) is 0.510. The predicted molar refractivity (Wildman–Crippen MR) is 122 cm³/mol. The summed E-state index contributed by atoms with van der Waals surface area (Å²) < 4.78 is 38.4. The molecule has 1 heterocycles. The molecule has 0 aliphatic heterocycles. The van der Waals surface area contributed by atoms with Gasteiger partial charge in [-0.05, 0) is 48.0 Å². The van der Waals surface area contributed by atoms with Crippen LogP contribution in [0.4, 0.5) is 5.69 Å². The van der Waals surface area contributed by atoms with Crippen molar-refractivity contribution >= 4 is 33.2 Å². The second-order valence-corrected chi connectivity index (χ2v) is 8.94. The lowest BCUT2D eigenvalue weighted by molar-refractivity contribution is -0.119.